The molecule has 0 radical (unpaired) electrons. The predicted octanol–water partition coefficient (Wildman–Crippen LogP) is 1.60. The lowest BCUT2D eigenvalue weighted by atomic mass is 10.2. The van der Waals surface area contributed by atoms with Gasteiger partial charge in [-0.15, -0.1) is 0 Å². The number of hydrogen-bond donors (Lipinski definition) is 0. The molecular weight excluding hydrogens is 354 g/mol. The molecule has 1 aliphatic rings. The van der Waals surface area contributed by atoms with Gasteiger partial charge in [0, 0.05) is 45.1 Å². The Balaban J connectivity index is 1.39. The van der Waals surface area contributed by atoms with Crippen LogP contribution >= 0.6 is 0 Å². The Morgan fingerprint density at radius 1 is 0.893 bits per heavy atom. The number of hydrogen-bond acceptors (Lipinski definition) is 7. The van der Waals surface area contributed by atoms with Crippen LogP contribution in [0.4, 0.5) is 11.5 Å². The average molecular weight is 373 g/mol. The summed E-state index contributed by atoms with van der Waals surface area (Å²) in [5, 5.41) is 1.62. The standard InChI is InChI=1S/C20H19N7O/c1-25-13-24-17-11-14(4-5-15(17)20(25)28)26-7-9-27(10-8-26)19-16-3-2-6-21-18(16)22-12-23-19/h2-6,11-13H,7-10H2,1H3. The predicted molar refractivity (Wildman–Crippen MR) is 109 cm³/mol. The van der Waals surface area contributed by atoms with Gasteiger partial charge in [0.15, 0.2) is 5.65 Å². The summed E-state index contributed by atoms with van der Waals surface area (Å²) in [5.41, 5.74) is 2.51. The Bertz CT molecular complexity index is 1220. The van der Waals surface area contributed by atoms with E-state index in [1.807, 2.05) is 30.3 Å². The highest BCUT2D eigenvalue weighted by atomic mass is 16.1. The van der Waals surface area contributed by atoms with Crippen LogP contribution in [0, 0.1) is 0 Å². The minimum Gasteiger partial charge on any atom is -0.368 e. The van der Waals surface area contributed by atoms with Crippen molar-refractivity contribution in [3.8, 4) is 0 Å². The Kier molecular flexibility index (Phi) is 3.89. The number of benzene rings is 1. The van der Waals surface area contributed by atoms with Crippen LogP contribution in [0.3, 0.4) is 0 Å². The number of fused-ring (bicyclic) bond motifs is 2. The molecule has 5 rings (SSSR count). The van der Waals surface area contributed by atoms with Crippen LogP contribution in [-0.2, 0) is 7.05 Å². The van der Waals surface area contributed by atoms with Gasteiger partial charge in [-0.1, -0.05) is 0 Å². The molecule has 1 saturated heterocycles. The summed E-state index contributed by atoms with van der Waals surface area (Å²) >= 11 is 0. The number of rotatable bonds is 2. The molecule has 4 heterocycles. The number of nitrogens with zero attached hydrogens (tertiary/aromatic N) is 7. The van der Waals surface area contributed by atoms with E-state index in [4.69, 9.17) is 0 Å². The fourth-order valence-electron chi connectivity index (χ4n) is 3.71. The lowest BCUT2D eigenvalue weighted by molar-refractivity contribution is 0.649. The topological polar surface area (TPSA) is 80.0 Å². The third-order valence-corrected chi connectivity index (χ3v) is 5.23. The van der Waals surface area contributed by atoms with Crippen LogP contribution in [0.15, 0.2) is 54.0 Å². The van der Waals surface area contributed by atoms with Crippen molar-refractivity contribution in [3.63, 3.8) is 0 Å². The molecule has 0 bridgehead atoms. The van der Waals surface area contributed by atoms with E-state index in [0.29, 0.717) is 5.39 Å². The van der Waals surface area contributed by atoms with Gasteiger partial charge in [-0.05, 0) is 30.3 Å². The van der Waals surface area contributed by atoms with E-state index in [2.05, 4.69) is 29.7 Å². The first kappa shape index (κ1) is 16.6. The second-order valence-corrected chi connectivity index (χ2v) is 6.91. The van der Waals surface area contributed by atoms with Gasteiger partial charge in [-0.25, -0.2) is 19.9 Å². The monoisotopic (exact) mass is 373 g/mol. The Hall–Kier alpha value is -3.55. The van der Waals surface area contributed by atoms with Gasteiger partial charge >= 0.3 is 0 Å². The molecule has 0 N–H and O–H groups in total. The highest BCUT2D eigenvalue weighted by Gasteiger charge is 2.20. The van der Waals surface area contributed by atoms with Crippen molar-refractivity contribution < 1.29 is 0 Å². The van der Waals surface area contributed by atoms with Gasteiger partial charge in [0.05, 0.1) is 22.6 Å². The summed E-state index contributed by atoms with van der Waals surface area (Å²) in [4.78, 5) is 34.3. The van der Waals surface area contributed by atoms with E-state index in [1.165, 1.54) is 4.57 Å². The Morgan fingerprint density at radius 2 is 1.71 bits per heavy atom. The maximum atomic E-state index is 12.2. The highest BCUT2D eigenvalue weighted by molar-refractivity contribution is 5.86. The van der Waals surface area contributed by atoms with Crippen LogP contribution in [0.25, 0.3) is 21.9 Å². The summed E-state index contributed by atoms with van der Waals surface area (Å²) in [5.74, 6) is 0.932. The van der Waals surface area contributed by atoms with Crippen molar-refractivity contribution in [2.45, 2.75) is 0 Å². The first-order chi connectivity index (χ1) is 13.7. The molecule has 0 amide bonds. The molecule has 1 fully saturated rings. The van der Waals surface area contributed by atoms with Gasteiger partial charge in [-0.3, -0.25) is 4.79 Å². The molecule has 28 heavy (non-hydrogen) atoms. The molecule has 0 spiro atoms. The van der Waals surface area contributed by atoms with Crippen LogP contribution in [0.2, 0.25) is 0 Å². The van der Waals surface area contributed by atoms with Crippen molar-refractivity contribution in [2.75, 3.05) is 36.0 Å². The van der Waals surface area contributed by atoms with Crippen molar-refractivity contribution in [3.05, 3.63) is 59.5 Å². The largest absolute Gasteiger partial charge is 0.368 e. The van der Waals surface area contributed by atoms with E-state index in [0.717, 1.165) is 54.2 Å². The molecule has 0 unspecified atom stereocenters. The summed E-state index contributed by atoms with van der Waals surface area (Å²) in [6.07, 6.45) is 4.89. The lowest BCUT2D eigenvalue weighted by Gasteiger charge is -2.37. The zero-order valence-corrected chi connectivity index (χ0v) is 15.5. The third-order valence-electron chi connectivity index (χ3n) is 5.23. The molecule has 3 aromatic heterocycles. The summed E-state index contributed by atoms with van der Waals surface area (Å²) < 4.78 is 1.50. The van der Waals surface area contributed by atoms with Crippen LogP contribution in [0.5, 0.6) is 0 Å². The molecule has 0 atom stereocenters. The molecule has 8 heteroatoms. The molecule has 0 aliphatic carbocycles. The van der Waals surface area contributed by atoms with Gasteiger partial charge in [0.1, 0.15) is 12.1 Å². The minimum absolute atomic E-state index is 0.0226. The second-order valence-electron chi connectivity index (χ2n) is 6.91. The number of aryl methyl sites for hydroxylation is 1. The lowest BCUT2D eigenvalue weighted by Crippen LogP contribution is -2.47. The zero-order valence-electron chi connectivity index (χ0n) is 15.5. The first-order valence-corrected chi connectivity index (χ1v) is 9.22. The second kappa shape index (κ2) is 6.56. The Labute approximate surface area is 161 Å². The zero-order chi connectivity index (χ0) is 19.1. The van der Waals surface area contributed by atoms with Crippen molar-refractivity contribution >= 4 is 33.4 Å². The SMILES string of the molecule is Cn1cnc2cc(N3CCN(c4ncnc5ncccc45)CC3)ccc2c1=O. The number of aromatic nitrogens is 5. The van der Waals surface area contributed by atoms with Crippen molar-refractivity contribution in [1.82, 2.24) is 24.5 Å². The van der Waals surface area contributed by atoms with Crippen molar-refractivity contribution in [2.24, 2.45) is 7.05 Å². The Morgan fingerprint density at radius 3 is 2.57 bits per heavy atom. The maximum absolute atomic E-state index is 12.2. The fourth-order valence-corrected chi connectivity index (χ4v) is 3.71. The van der Waals surface area contributed by atoms with Gasteiger partial charge < -0.3 is 14.4 Å². The molecule has 4 aromatic rings. The van der Waals surface area contributed by atoms with E-state index in [9.17, 15) is 4.79 Å². The maximum Gasteiger partial charge on any atom is 0.260 e. The van der Waals surface area contributed by atoms with Gasteiger partial charge in [-0.2, -0.15) is 0 Å². The van der Waals surface area contributed by atoms with Crippen LogP contribution in [0.1, 0.15) is 0 Å². The van der Waals surface area contributed by atoms with Gasteiger partial charge in [0.25, 0.3) is 5.56 Å². The normalized spacial score (nSPS) is 14.8. The number of piperazine rings is 1. The molecular formula is C20H19N7O. The van der Waals surface area contributed by atoms with E-state index in [-0.39, 0.29) is 5.56 Å². The average Bonchev–Trinajstić information content (AvgIpc) is 2.76. The molecule has 0 saturated carbocycles. The van der Waals surface area contributed by atoms with Crippen LogP contribution in [-0.4, -0.2) is 50.7 Å². The summed E-state index contributed by atoms with van der Waals surface area (Å²) in [6.45, 7) is 3.43. The fraction of sp³-hybridized carbons (Fsp3) is 0.250. The first-order valence-electron chi connectivity index (χ1n) is 9.22. The van der Waals surface area contributed by atoms with Crippen LogP contribution < -0.4 is 15.4 Å². The van der Waals surface area contributed by atoms with Crippen molar-refractivity contribution in [1.29, 1.82) is 0 Å². The minimum atomic E-state index is -0.0226. The van der Waals surface area contributed by atoms with Gasteiger partial charge in [0.2, 0.25) is 0 Å². The molecule has 8 nitrogen and oxygen atoms in total. The van der Waals surface area contributed by atoms with E-state index >= 15 is 0 Å². The molecule has 1 aromatic carbocycles. The number of pyridine rings is 1. The third kappa shape index (κ3) is 2.74. The molecule has 140 valence electrons. The highest BCUT2D eigenvalue weighted by Crippen LogP contribution is 2.25. The molecule has 1 aliphatic heterocycles. The number of anilines is 2. The smallest absolute Gasteiger partial charge is 0.260 e. The van der Waals surface area contributed by atoms with E-state index < -0.39 is 0 Å². The van der Waals surface area contributed by atoms with E-state index in [1.54, 1.807) is 25.9 Å². The quantitative estimate of drug-likeness (QED) is 0.528. The summed E-state index contributed by atoms with van der Waals surface area (Å²) in [7, 11) is 1.72. The summed E-state index contributed by atoms with van der Waals surface area (Å²) in [6, 6.07) is 9.80.